The van der Waals surface area contributed by atoms with Crippen LogP contribution in [0.25, 0.3) is 5.65 Å². The zero-order valence-electron chi connectivity index (χ0n) is 23.4. The molecule has 43 heavy (non-hydrogen) atoms. The normalized spacial score (nSPS) is 22.7. The zero-order chi connectivity index (χ0) is 30.4. The smallest absolute Gasteiger partial charge is 0.318 e. The van der Waals surface area contributed by atoms with Crippen LogP contribution in [0.2, 0.25) is 0 Å². The Morgan fingerprint density at radius 3 is 2.53 bits per heavy atom. The van der Waals surface area contributed by atoms with Crippen LogP contribution in [0.5, 0.6) is 0 Å². The number of ether oxygens (including phenoxy) is 1. The molecule has 1 saturated carbocycles. The van der Waals surface area contributed by atoms with Gasteiger partial charge in [0.05, 0.1) is 43.3 Å². The summed E-state index contributed by atoms with van der Waals surface area (Å²) in [5, 5.41) is 16.9. The highest BCUT2D eigenvalue weighted by Crippen LogP contribution is 2.42. The minimum Gasteiger partial charge on any atom is -0.381 e. The van der Waals surface area contributed by atoms with Gasteiger partial charge >= 0.3 is 6.03 Å². The van der Waals surface area contributed by atoms with E-state index in [1.165, 1.54) is 10.7 Å². The van der Waals surface area contributed by atoms with Crippen LogP contribution in [0.1, 0.15) is 78.0 Å². The Balaban J connectivity index is 1.34. The van der Waals surface area contributed by atoms with Gasteiger partial charge in [-0.05, 0) is 61.2 Å². The molecule has 3 aliphatic rings. The highest BCUT2D eigenvalue weighted by atomic mass is 19.3. The molecule has 3 aromatic rings. The van der Waals surface area contributed by atoms with Crippen molar-refractivity contribution < 1.29 is 36.5 Å². The van der Waals surface area contributed by atoms with Crippen LogP contribution < -0.4 is 10.6 Å². The second-order valence-corrected chi connectivity index (χ2v) is 11.6. The average Bonchev–Trinajstić information content (AvgIpc) is 3.60. The number of halogens is 4. The molecular formula is C27H32F4N8O4. The Labute approximate surface area is 243 Å². The van der Waals surface area contributed by atoms with E-state index in [0.29, 0.717) is 43.0 Å². The van der Waals surface area contributed by atoms with Crippen molar-refractivity contribution in [3.63, 3.8) is 0 Å². The molecule has 0 bridgehead atoms. The van der Waals surface area contributed by atoms with Crippen molar-refractivity contribution in [3.05, 3.63) is 41.1 Å². The number of alkyl halides is 4. The summed E-state index contributed by atoms with van der Waals surface area (Å²) in [5.74, 6) is -6.95. The van der Waals surface area contributed by atoms with Crippen LogP contribution in [-0.2, 0) is 4.74 Å². The lowest BCUT2D eigenvalue weighted by molar-refractivity contribution is -0.0570. The summed E-state index contributed by atoms with van der Waals surface area (Å²) < 4.78 is 68.6. The zero-order valence-corrected chi connectivity index (χ0v) is 23.4. The number of amides is 3. The molecule has 3 aromatic heterocycles. The third-order valence-electron chi connectivity index (χ3n) is 8.62. The SMILES string of the molecule is Cc1nonc1C(=O)N[C@H](c1cn2ncc([C@@H](C3CCOCC3)N3CC(F)(F)CNC3=O)cc2n1)C1CCC(F)(F)CC1. The number of urea groups is 1. The van der Waals surface area contributed by atoms with E-state index < -0.39 is 49.0 Å². The van der Waals surface area contributed by atoms with Gasteiger partial charge in [-0.25, -0.2) is 36.5 Å². The van der Waals surface area contributed by atoms with E-state index in [1.807, 2.05) is 0 Å². The summed E-state index contributed by atoms with van der Waals surface area (Å²) in [7, 11) is 0. The van der Waals surface area contributed by atoms with Crippen molar-refractivity contribution in [1.29, 1.82) is 0 Å². The van der Waals surface area contributed by atoms with Gasteiger partial charge in [0.15, 0.2) is 11.3 Å². The van der Waals surface area contributed by atoms with E-state index >= 15 is 0 Å². The number of carbonyl (C=O) groups excluding carboxylic acids is 2. The van der Waals surface area contributed by atoms with Gasteiger partial charge in [-0.3, -0.25) is 4.79 Å². The molecule has 0 radical (unpaired) electrons. The van der Waals surface area contributed by atoms with Gasteiger partial charge in [-0.1, -0.05) is 5.16 Å². The molecule has 2 atom stereocenters. The van der Waals surface area contributed by atoms with Crippen LogP contribution >= 0.6 is 0 Å². The fraction of sp³-hybridized carbons (Fsp3) is 0.630. The molecule has 1 aliphatic carbocycles. The first-order chi connectivity index (χ1) is 20.5. The maximum absolute atomic E-state index is 14.5. The van der Waals surface area contributed by atoms with Crippen molar-refractivity contribution in [2.24, 2.45) is 11.8 Å². The predicted molar refractivity (Wildman–Crippen MR) is 140 cm³/mol. The van der Waals surface area contributed by atoms with E-state index in [0.717, 1.165) is 4.90 Å². The summed E-state index contributed by atoms with van der Waals surface area (Å²) in [5.41, 5.74) is 1.54. The molecule has 232 valence electrons. The molecule has 3 amide bonds. The van der Waals surface area contributed by atoms with E-state index in [4.69, 9.17) is 9.72 Å². The lowest BCUT2D eigenvalue weighted by atomic mass is 9.81. The Hall–Kier alpha value is -3.82. The molecule has 2 saturated heterocycles. The maximum Gasteiger partial charge on any atom is 0.318 e. The summed E-state index contributed by atoms with van der Waals surface area (Å²) in [4.78, 5) is 31.8. The molecular weight excluding hydrogens is 576 g/mol. The van der Waals surface area contributed by atoms with Gasteiger partial charge in [-0.2, -0.15) is 5.10 Å². The number of aromatic nitrogens is 5. The lowest BCUT2D eigenvalue weighted by Crippen LogP contribution is -2.58. The van der Waals surface area contributed by atoms with E-state index in [9.17, 15) is 27.2 Å². The first-order valence-electron chi connectivity index (χ1n) is 14.3. The number of carbonyl (C=O) groups is 2. The first kappa shape index (κ1) is 29.3. The number of hydrogen-bond acceptors (Lipinski definition) is 8. The quantitative estimate of drug-likeness (QED) is 0.386. The predicted octanol–water partition coefficient (Wildman–Crippen LogP) is 3.85. The van der Waals surface area contributed by atoms with Gasteiger partial charge in [0.25, 0.3) is 11.8 Å². The van der Waals surface area contributed by atoms with Crippen molar-refractivity contribution >= 4 is 17.6 Å². The number of fused-ring (bicyclic) bond motifs is 1. The van der Waals surface area contributed by atoms with Crippen LogP contribution in [0, 0.1) is 18.8 Å². The standard InChI is InChI=1S/C27H32F4N8O4/c1-15-21(37-43-36-15)24(40)35-22(16-2-6-26(28,29)7-3-16)19-12-39-20(34-19)10-18(11-33-39)23(17-4-8-42-9-5-17)38-14-27(30,31)13-32-25(38)41/h10-12,16-17,22-23H,2-9,13-14H2,1H3,(H,32,41)(H,35,40)/t22-,23+/m0/s1. The number of imidazole rings is 1. The summed E-state index contributed by atoms with van der Waals surface area (Å²) >= 11 is 0. The second-order valence-electron chi connectivity index (χ2n) is 11.6. The van der Waals surface area contributed by atoms with Gasteiger partial charge in [0, 0.05) is 26.1 Å². The molecule has 5 heterocycles. The fourth-order valence-electron chi connectivity index (χ4n) is 6.34. The molecule has 0 spiro atoms. The van der Waals surface area contributed by atoms with Gasteiger partial charge in [0.2, 0.25) is 5.92 Å². The van der Waals surface area contributed by atoms with Crippen molar-refractivity contribution in [1.82, 2.24) is 40.4 Å². The number of nitrogens with one attached hydrogen (secondary N) is 2. The molecule has 0 aromatic carbocycles. The highest BCUT2D eigenvalue weighted by molar-refractivity contribution is 5.93. The Morgan fingerprint density at radius 1 is 1.09 bits per heavy atom. The van der Waals surface area contributed by atoms with Crippen LogP contribution in [0.3, 0.4) is 0 Å². The van der Waals surface area contributed by atoms with Gasteiger partial charge in [-0.15, -0.1) is 0 Å². The summed E-state index contributed by atoms with van der Waals surface area (Å²) in [6.07, 6.45) is 3.95. The summed E-state index contributed by atoms with van der Waals surface area (Å²) in [6, 6.07) is -0.342. The van der Waals surface area contributed by atoms with Crippen LogP contribution in [0.4, 0.5) is 22.4 Å². The monoisotopic (exact) mass is 608 g/mol. The minimum absolute atomic E-state index is 0.0220. The van der Waals surface area contributed by atoms with E-state index in [2.05, 4.69) is 30.7 Å². The minimum atomic E-state index is -3.10. The maximum atomic E-state index is 14.5. The van der Waals surface area contributed by atoms with Crippen LogP contribution in [0.15, 0.2) is 23.1 Å². The van der Waals surface area contributed by atoms with E-state index in [-0.39, 0.29) is 48.9 Å². The molecule has 0 unspecified atom stereocenters. The van der Waals surface area contributed by atoms with Crippen molar-refractivity contribution in [3.8, 4) is 0 Å². The third-order valence-corrected chi connectivity index (χ3v) is 8.62. The summed E-state index contributed by atoms with van der Waals surface area (Å²) in [6.45, 7) is 0.985. The second kappa shape index (κ2) is 11.4. The Bertz CT molecular complexity index is 1480. The van der Waals surface area contributed by atoms with Crippen molar-refractivity contribution in [2.75, 3.05) is 26.3 Å². The van der Waals surface area contributed by atoms with Gasteiger partial charge < -0.3 is 20.3 Å². The van der Waals surface area contributed by atoms with Crippen molar-refractivity contribution in [2.45, 2.75) is 69.4 Å². The number of rotatable bonds is 7. The highest BCUT2D eigenvalue weighted by Gasteiger charge is 2.45. The molecule has 2 N–H and O–H groups in total. The lowest BCUT2D eigenvalue weighted by Gasteiger charge is -2.42. The first-order valence-corrected chi connectivity index (χ1v) is 14.3. The topological polar surface area (TPSA) is 140 Å². The molecule has 16 heteroatoms. The van der Waals surface area contributed by atoms with Crippen LogP contribution in [-0.4, -0.2) is 79.9 Å². The fourth-order valence-corrected chi connectivity index (χ4v) is 6.34. The number of hydrogen-bond donors (Lipinski definition) is 2. The number of aryl methyl sites for hydroxylation is 1. The molecule has 12 nitrogen and oxygen atoms in total. The molecule has 2 aliphatic heterocycles. The molecule has 6 rings (SSSR count). The van der Waals surface area contributed by atoms with E-state index in [1.54, 1.807) is 19.2 Å². The third kappa shape index (κ3) is 6.15. The number of nitrogens with zero attached hydrogens (tertiary/aromatic N) is 6. The van der Waals surface area contributed by atoms with Gasteiger partial charge in [0.1, 0.15) is 5.69 Å². The largest absolute Gasteiger partial charge is 0.381 e. The average molecular weight is 609 g/mol. The Morgan fingerprint density at radius 2 is 1.84 bits per heavy atom. The molecule has 3 fully saturated rings. The Kier molecular flexibility index (Phi) is 7.73.